The van der Waals surface area contributed by atoms with E-state index in [4.69, 9.17) is 0 Å². The minimum atomic E-state index is -0.451. The van der Waals surface area contributed by atoms with Crippen LogP contribution >= 0.6 is 11.3 Å². The van der Waals surface area contributed by atoms with E-state index < -0.39 is 5.82 Å². The van der Waals surface area contributed by atoms with Gasteiger partial charge in [0.15, 0.2) is 0 Å². The van der Waals surface area contributed by atoms with Gasteiger partial charge < -0.3 is 5.11 Å². The van der Waals surface area contributed by atoms with E-state index in [0.717, 1.165) is 4.70 Å². The van der Waals surface area contributed by atoms with Gasteiger partial charge in [0, 0.05) is 6.07 Å². The highest BCUT2D eigenvalue weighted by atomic mass is 32.1. The van der Waals surface area contributed by atoms with Gasteiger partial charge in [-0.25, -0.2) is 13.8 Å². The van der Waals surface area contributed by atoms with Crippen LogP contribution in [0, 0.1) is 11.6 Å². The number of hydrogen-bond acceptors (Lipinski definition) is 3. The summed E-state index contributed by atoms with van der Waals surface area (Å²) in [7, 11) is 0. The smallest absolute Gasteiger partial charge is 0.128 e. The van der Waals surface area contributed by atoms with E-state index in [2.05, 4.69) is 4.98 Å². The summed E-state index contributed by atoms with van der Waals surface area (Å²) in [5.74, 6) is -0.869. The van der Waals surface area contributed by atoms with Crippen LogP contribution in [0.15, 0.2) is 36.4 Å². The Labute approximate surface area is 105 Å². The molecule has 3 aromatic rings. The van der Waals surface area contributed by atoms with Crippen molar-refractivity contribution >= 4 is 21.6 Å². The predicted octanol–water partition coefficient (Wildman–Crippen LogP) is 3.95. The highest BCUT2D eigenvalue weighted by Gasteiger charge is 2.11. The molecule has 5 heteroatoms. The zero-order valence-electron chi connectivity index (χ0n) is 9.02. The fraction of sp³-hybridized carbons (Fsp3) is 0. The minimum Gasteiger partial charge on any atom is -0.507 e. The van der Waals surface area contributed by atoms with Crippen molar-refractivity contribution in [3.8, 4) is 16.3 Å². The number of nitrogens with zero attached hydrogens (tertiary/aromatic N) is 1. The monoisotopic (exact) mass is 263 g/mol. The molecule has 1 N–H and O–H groups in total. The zero-order valence-corrected chi connectivity index (χ0v) is 9.84. The number of phenols is 1. The van der Waals surface area contributed by atoms with E-state index in [1.807, 2.05) is 0 Å². The van der Waals surface area contributed by atoms with E-state index in [-0.39, 0.29) is 11.6 Å². The fourth-order valence-corrected chi connectivity index (χ4v) is 2.67. The van der Waals surface area contributed by atoms with Crippen molar-refractivity contribution in [1.82, 2.24) is 4.98 Å². The first kappa shape index (κ1) is 11.1. The number of thiazole rings is 1. The second-order valence-corrected chi connectivity index (χ2v) is 4.82. The molecule has 0 aliphatic carbocycles. The Morgan fingerprint density at radius 1 is 1.00 bits per heavy atom. The van der Waals surface area contributed by atoms with Crippen molar-refractivity contribution in [3.05, 3.63) is 48.0 Å². The first-order chi connectivity index (χ1) is 8.63. The van der Waals surface area contributed by atoms with E-state index in [9.17, 15) is 13.9 Å². The lowest BCUT2D eigenvalue weighted by atomic mass is 10.2. The predicted molar refractivity (Wildman–Crippen MR) is 66.6 cm³/mol. The van der Waals surface area contributed by atoms with Crippen molar-refractivity contribution in [2.45, 2.75) is 0 Å². The zero-order chi connectivity index (χ0) is 12.7. The fourth-order valence-electron chi connectivity index (χ4n) is 1.70. The van der Waals surface area contributed by atoms with Gasteiger partial charge in [-0.3, -0.25) is 0 Å². The Morgan fingerprint density at radius 3 is 2.56 bits per heavy atom. The number of aromatic hydroxyl groups is 1. The molecule has 0 unspecified atom stereocenters. The summed E-state index contributed by atoms with van der Waals surface area (Å²) in [6, 6.07) is 7.93. The van der Waals surface area contributed by atoms with Crippen LogP contribution in [0.25, 0.3) is 20.8 Å². The lowest BCUT2D eigenvalue weighted by molar-refractivity contribution is 0.475. The summed E-state index contributed by atoms with van der Waals surface area (Å²) in [4.78, 5) is 4.20. The van der Waals surface area contributed by atoms with Gasteiger partial charge in [0.25, 0.3) is 0 Å². The molecule has 18 heavy (non-hydrogen) atoms. The summed E-state index contributed by atoms with van der Waals surface area (Å²) in [6.45, 7) is 0. The molecular weight excluding hydrogens is 256 g/mol. The topological polar surface area (TPSA) is 33.1 Å². The molecule has 1 heterocycles. The Kier molecular flexibility index (Phi) is 2.48. The highest BCUT2D eigenvalue weighted by molar-refractivity contribution is 7.21. The average Bonchev–Trinajstić information content (AvgIpc) is 2.74. The first-order valence-corrected chi connectivity index (χ1v) is 6.00. The lowest BCUT2D eigenvalue weighted by Crippen LogP contribution is -1.80. The normalized spacial score (nSPS) is 11.0. The van der Waals surface area contributed by atoms with Crippen LogP contribution in [0.1, 0.15) is 0 Å². The van der Waals surface area contributed by atoms with Gasteiger partial charge in [-0.1, -0.05) is 0 Å². The van der Waals surface area contributed by atoms with Crippen LogP contribution in [0.3, 0.4) is 0 Å². The maximum atomic E-state index is 13.2. The average molecular weight is 263 g/mol. The molecule has 0 fully saturated rings. The molecule has 0 radical (unpaired) electrons. The second kappa shape index (κ2) is 4.03. The van der Waals surface area contributed by atoms with Crippen molar-refractivity contribution in [2.75, 3.05) is 0 Å². The van der Waals surface area contributed by atoms with Gasteiger partial charge in [-0.05, 0) is 30.3 Å². The largest absolute Gasteiger partial charge is 0.507 e. The van der Waals surface area contributed by atoms with Crippen LogP contribution in [0.5, 0.6) is 5.75 Å². The number of fused-ring (bicyclic) bond motifs is 1. The number of halogens is 2. The Balaban J connectivity index is 2.22. The third-order valence-electron chi connectivity index (χ3n) is 2.54. The molecule has 0 aliphatic rings. The molecule has 3 rings (SSSR count). The van der Waals surface area contributed by atoms with E-state index in [1.54, 1.807) is 6.07 Å². The van der Waals surface area contributed by atoms with Crippen LogP contribution in [-0.2, 0) is 0 Å². The SMILES string of the molecule is Oc1ccc(F)cc1-c1nc2cc(F)ccc2s1. The third kappa shape index (κ3) is 1.82. The minimum absolute atomic E-state index is 0.0454. The maximum Gasteiger partial charge on any atom is 0.128 e. The molecule has 0 amide bonds. The van der Waals surface area contributed by atoms with Gasteiger partial charge >= 0.3 is 0 Å². The second-order valence-electron chi connectivity index (χ2n) is 3.79. The first-order valence-electron chi connectivity index (χ1n) is 5.18. The van der Waals surface area contributed by atoms with Crippen molar-refractivity contribution < 1.29 is 13.9 Å². The standard InChI is InChI=1S/C13H7F2NOS/c14-7-1-3-11(17)9(5-7)13-16-10-6-8(15)2-4-12(10)18-13/h1-6,17H. The number of rotatable bonds is 1. The molecule has 90 valence electrons. The Hall–Kier alpha value is -2.01. The number of aromatic nitrogens is 1. The van der Waals surface area contributed by atoms with Gasteiger partial charge in [0.1, 0.15) is 22.4 Å². The Bertz CT molecular complexity index is 739. The van der Waals surface area contributed by atoms with Crippen LogP contribution in [0.2, 0.25) is 0 Å². The van der Waals surface area contributed by atoms with Crippen molar-refractivity contribution in [1.29, 1.82) is 0 Å². The van der Waals surface area contributed by atoms with Gasteiger partial charge in [-0.2, -0.15) is 0 Å². The molecule has 0 saturated carbocycles. The summed E-state index contributed by atoms with van der Waals surface area (Å²) in [5, 5.41) is 10.2. The molecule has 0 spiro atoms. The number of hydrogen-bond donors (Lipinski definition) is 1. The van der Waals surface area contributed by atoms with Gasteiger partial charge in [0.05, 0.1) is 15.8 Å². The molecule has 1 aromatic heterocycles. The molecule has 0 saturated heterocycles. The lowest BCUT2D eigenvalue weighted by Gasteiger charge is -1.99. The van der Waals surface area contributed by atoms with Crippen molar-refractivity contribution in [2.24, 2.45) is 0 Å². The van der Waals surface area contributed by atoms with Crippen molar-refractivity contribution in [3.63, 3.8) is 0 Å². The molecule has 2 aromatic carbocycles. The summed E-state index contributed by atoms with van der Waals surface area (Å²) < 4.78 is 27.0. The molecular formula is C13H7F2NOS. The molecule has 0 aliphatic heterocycles. The van der Waals surface area contributed by atoms with E-state index >= 15 is 0 Å². The van der Waals surface area contributed by atoms with Gasteiger partial charge in [-0.15, -0.1) is 11.3 Å². The highest BCUT2D eigenvalue weighted by Crippen LogP contribution is 2.35. The van der Waals surface area contributed by atoms with Crippen LogP contribution in [0.4, 0.5) is 8.78 Å². The third-order valence-corrected chi connectivity index (χ3v) is 3.61. The maximum absolute atomic E-state index is 13.2. The number of benzene rings is 2. The summed E-state index contributed by atoms with van der Waals surface area (Å²) >= 11 is 1.28. The van der Waals surface area contributed by atoms with Crippen LogP contribution in [-0.4, -0.2) is 10.1 Å². The van der Waals surface area contributed by atoms with E-state index in [0.29, 0.717) is 16.1 Å². The summed E-state index contributed by atoms with van der Waals surface area (Å²) in [5.41, 5.74) is 0.815. The Morgan fingerprint density at radius 2 is 1.72 bits per heavy atom. The van der Waals surface area contributed by atoms with Gasteiger partial charge in [0.2, 0.25) is 0 Å². The molecule has 0 atom stereocenters. The molecule has 0 bridgehead atoms. The van der Waals surface area contributed by atoms with E-state index in [1.165, 1.54) is 41.7 Å². The number of phenolic OH excluding ortho intramolecular Hbond substituents is 1. The summed E-state index contributed by atoms with van der Waals surface area (Å²) in [6.07, 6.45) is 0. The molecule has 2 nitrogen and oxygen atoms in total. The van der Waals surface area contributed by atoms with Crippen LogP contribution < -0.4 is 0 Å². The quantitative estimate of drug-likeness (QED) is 0.721.